The van der Waals surface area contributed by atoms with Crippen LogP contribution < -0.4 is 5.32 Å². The van der Waals surface area contributed by atoms with Gasteiger partial charge in [-0.2, -0.15) is 0 Å². The summed E-state index contributed by atoms with van der Waals surface area (Å²) in [6, 6.07) is 7.12. The Bertz CT molecular complexity index is 294. The van der Waals surface area contributed by atoms with E-state index in [1.165, 1.54) is 15.6 Å². The molecule has 1 nitrogen and oxygen atoms in total. The largest absolute Gasteiger partial charge is 0.314 e. The molecule has 0 spiro atoms. The third kappa shape index (κ3) is 3.81. The van der Waals surface area contributed by atoms with Gasteiger partial charge in [-0.05, 0) is 37.1 Å². The smallest absolute Gasteiger partial charge is 0.0204 e. The maximum absolute atomic E-state index is 3.51. The normalized spacial score (nSPS) is 10.9. The fraction of sp³-hybridized carbons (Fsp3) is 0.500. The minimum Gasteiger partial charge on any atom is -0.314 e. The van der Waals surface area contributed by atoms with Crippen molar-refractivity contribution in [3.8, 4) is 0 Å². The molecule has 0 atom stereocenters. The van der Waals surface area contributed by atoms with Crippen molar-refractivity contribution >= 4 is 15.9 Å². The van der Waals surface area contributed by atoms with Crippen molar-refractivity contribution in [3.05, 3.63) is 33.8 Å². The highest BCUT2D eigenvalue weighted by Crippen LogP contribution is 2.17. The van der Waals surface area contributed by atoms with E-state index < -0.39 is 0 Å². The quantitative estimate of drug-likeness (QED) is 0.871. The lowest BCUT2D eigenvalue weighted by Gasteiger charge is -2.08. The Morgan fingerprint density at radius 3 is 2.64 bits per heavy atom. The first-order chi connectivity index (χ1) is 6.59. The van der Waals surface area contributed by atoms with Gasteiger partial charge < -0.3 is 5.32 Å². The number of nitrogens with one attached hydrogen (secondary N) is 1. The van der Waals surface area contributed by atoms with E-state index in [2.05, 4.69) is 60.2 Å². The number of benzene rings is 1. The fourth-order valence-electron chi connectivity index (χ4n) is 1.37. The van der Waals surface area contributed by atoms with Crippen LogP contribution in [0.5, 0.6) is 0 Å². The maximum atomic E-state index is 3.51. The molecule has 0 aliphatic carbocycles. The zero-order valence-corrected chi connectivity index (χ0v) is 10.7. The van der Waals surface area contributed by atoms with E-state index in [-0.39, 0.29) is 0 Å². The van der Waals surface area contributed by atoms with Gasteiger partial charge in [-0.3, -0.25) is 0 Å². The van der Waals surface area contributed by atoms with Crippen LogP contribution in [0.15, 0.2) is 22.7 Å². The molecule has 0 aliphatic heterocycles. The Balaban J connectivity index is 2.47. The highest BCUT2D eigenvalue weighted by atomic mass is 79.9. The summed E-state index contributed by atoms with van der Waals surface area (Å²) in [6.07, 6.45) is 1.10. The van der Waals surface area contributed by atoms with Crippen molar-refractivity contribution in [2.24, 2.45) is 0 Å². The predicted molar refractivity (Wildman–Crippen MR) is 65.7 cm³/mol. The van der Waals surface area contributed by atoms with E-state index in [9.17, 15) is 0 Å². The summed E-state index contributed by atoms with van der Waals surface area (Å²) in [6.45, 7) is 7.53. The van der Waals surface area contributed by atoms with Gasteiger partial charge in [-0.25, -0.2) is 0 Å². The van der Waals surface area contributed by atoms with Crippen molar-refractivity contribution in [2.75, 3.05) is 6.54 Å². The molecule has 0 fully saturated rings. The van der Waals surface area contributed by atoms with Gasteiger partial charge in [0.2, 0.25) is 0 Å². The highest BCUT2D eigenvalue weighted by molar-refractivity contribution is 9.10. The molecule has 0 unspecified atom stereocenters. The zero-order chi connectivity index (χ0) is 10.6. The second kappa shape index (κ2) is 5.52. The second-order valence-electron chi connectivity index (χ2n) is 3.94. The highest BCUT2D eigenvalue weighted by Gasteiger charge is 1.98. The predicted octanol–water partition coefficient (Wildman–Crippen LogP) is 3.30. The lowest BCUT2D eigenvalue weighted by molar-refractivity contribution is 0.590. The number of aryl methyl sites for hydroxylation is 1. The fourth-order valence-corrected chi connectivity index (χ4v) is 1.61. The topological polar surface area (TPSA) is 12.0 Å². The summed E-state index contributed by atoms with van der Waals surface area (Å²) in [5, 5.41) is 3.42. The lowest BCUT2D eigenvalue weighted by Crippen LogP contribution is -2.24. The van der Waals surface area contributed by atoms with E-state index in [1.54, 1.807) is 0 Å². The first kappa shape index (κ1) is 11.7. The van der Waals surface area contributed by atoms with Crippen LogP contribution in [-0.2, 0) is 6.42 Å². The summed E-state index contributed by atoms with van der Waals surface area (Å²) in [4.78, 5) is 0. The van der Waals surface area contributed by atoms with Crippen molar-refractivity contribution in [3.63, 3.8) is 0 Å². The number of hydrogen-bond donors (Lipinski definition) is 1. The molecule has 0 heterocycles. The number of hydrogen-bond acceptors (Lipinski definition) is 1. The van der Waals surface area contributed by atoms with Gasteiger partial charge in [0.05, 0.1) is 0 Å². The molecule has 2 heteroatoms. The summed E-state index contributed by atoms with van der Waals surface area (Å²) in [5.41, 5.74) is 2.71. The molecule has 0 saturated heterocycles. The molecule has 1 aromatic rings. The maximum Gasteiger partial charge on any atom is 0.0204 e. The SMILES string of the molecule is Cc1cc(CCNC(C)C)ccc1Br. The Hall–Kier alpha value is -0.340. The third-order valence-corrected chi connectivity index (χ3v) is 3.08. The van der Waals surface area contributed by atoms with E-state index in [1.807, 2.05) is 0 Å². The van der Waals surface area contributed by atoms with Crippen LogP contribution in [0, 0.1) is 6.92 Å². The van der Waals surface area contributed by atoms with Gasteiger partial charge in [-0.15, -0.1) is 0 Å². The van der Waals surface area contributed by atoms with Crippen LogP contribution in [0.25, 0.3) is 0 Å². The monoisotopic (exact) mass is 255 g/mol. The molecule has 0 amide bonds. The average Bonchev–Trinajstić information content (AvgIpc) is 2.10. The number of rotatable bonds is 4. The first-order valence-electron chi connectivity index (χ1n) is 5.08. The summed E-state index contributed by atoms with van der Waals surface area (Å²) >= 11 is 3.51. The van der Waals surface area contributed by atoms with Gasteiger partial charge in [0.1, 0.15) is 0 Å². The molecular formula is C12H18BrN. The second-order valence-corrected chi connectivity index (χ2v) is 4.80. The van der Waals surface area contributed by atoms with Crippen molar-refractivity contribution in [1.29, 1.82) is 0 Å². The van der Waals surface area contributed by atoms with E-state index in [4.69, 9.17) is 0 Å². The molecule has 0 aliphatic rings. The summed E-state index contributed by atoms with van der Waals surface area (Å²) in [5.74, 6) is 0. The Morgan fingerprint density at radius 1 is 1.36 bits per heavy atom. The van der Waals surface area contributed by atoms with Crippen LogP contribution in [-0.4, -0.2) is 12.6 Å². The number of halogens is 1. The van der Waals surface area contributed by atoms with Gasteiger partial charge in [0, 0.05) is 10.5 Å². The van der Waals surface area contributed by atoms with Crippen LogP contribution >= 0.6 is 15.9 Å². The molecule has 0 bridgehead atoms. The lowest BCUT2D eigenvalue weighted by atomic mass is 10.1. The summed E-state index contributed by atoms with van der Waals surface area (Å²) < 4.78 is 1.19. The summed E-state index contributed by atoms with van der Waals surface area (Å²) in [7, 11) is 0. The molecule has 1 rings (SSSR count). The molecule has 0 radical (unpaired) electrons. The Kier molecular flexibility index (Phi) is 4.63. The molecular weight excluding hydrogens is 238 g/mol. The van der Waals surface area contributed by atoms with Gasteiger partial charge >= 0.3 is 0 Å². The molecule has 14 heavy (non-hydrogen) atoms. The van der Waals surface area contributed by atoms with Crippen LogP contribution in [0.1, 0.15) is 25.0 Å². The average molecular weight is 256 g/mol. The van der Waals surface area contributed by atoms with Crippen LogP contribution in [0.3, 0.4) is 0 Å². The first-order valence-corrected chi connectivity index (χ1v) is 5.87. The standard InChI is InChI=1S/C12H18BrN/c1-9(2)14-7-6-11-4-5-12(13)10(3)8-11/h4-5,8-9,14H,6-7H2,1-3H3. The van der Waals surface area contributed by atoms with Crippen molar-refractivity contribution in [1.82, 2.24) is 5.32 Å². The van der Waals surface area contributed by atoms with E-state index in [0.717, 1.165) is 13.0 Å². The van der Waals surface area contributed by atoms with E-state index in [0.29, 0.717) is 6.04 Å². The van der Waals surface area contributed by atoms with Gasteiger partial charge in [0.25, 0.3) is 0 Å². The minimum atomic E-state index is 0.576. The van der Waals surface area contributed by atoms with E-state index >= 15 is 0 Å². The molecule has 0 saturated carbocycles. The van der Waals surface area contributed by atoms with Crippen LogP contribution in [0.2, 0.25) is 0 Å². The van der Waals surface area contributed by atoms with Crippen molar-refractivity contribution in [2.45, 2.75) is 33.2 Å². The van der Waals surface area contributed by atoms with Gasteiger partial charge in [-0.1, -0.05) is 41.9 Å². The van der Waals surface area contributed by atoms with Gasteiger partial charge in [0.15, 0.2) is 0 Å². The molecule has 0 aromatic heterocycles. The zero-order valence-electron chi connectivity index (χ0n) is 9.10. The molecule has 1 N–H and O–H groups in total. The Labute approximate surface area is 95.0 Å². The Morgan fingerprint density at radius 2 is 2.07 bits per heavy atom. The molecule has 1 aromatic carbocycles. The minimum absolute atomic E-state index is 0.576. The third-order valence-electron chi connectivity index (χ3n) is 2.19. The van der Waals surface area contributed by atoms with Crippen LogP contribution in [0.4, 0.5) is 0 Å². The van der Waals surface area contributed by atoms with Crippen molar-refractivity contribution < 1.29 is 0 Å². The molecule has 78 valence electrons.